The van der Waals surface area contributed by atoms with Gasteiger partial charge >= 0.3 is 0 Å². The summed E-state index contributed by atoms with van der Waals surface area (Å²) in [6, 6.07) is 21.5. The van der Waals surface area contributed by atoms with Gasteiger partial charge in [0.15, 0.2) is 5.69 Å². The van der Waals surface area contributed by atoms with E-state index in [2.05, 4.69) is 75.6 Å². The lowest BCUT2D eigenvalue weighted by Gasteiger charge is -2.31. The zero-order valence-electron chi connectivity index (χ0n) is 18.8. The van der Waals surface area contributed by atoms with Crippen molar-refractivity contribution in [1.82, 2.24) is 20.0 Å². The van der Waals surface area contributed by atoms with E-state index in [-0.39, 0.29) is 5.91 Å². The molecule has 5 nitrogen and oxygen atoms in total. The molecule has 1 aliphatic carbocycles. The number of amides is 1. The summed E-state index contributed by atoms with van der Waals surface area (Å²) in [6.07, 6.45) is 3.52. The molecular weight excluding hydrogens is 396 g/mol. The first-order valence-electron chi connectivity index (χ1n) is 11.9. The summed E-state index contributed by atoms with van der Waals surface area (Å²) >= 11 is 0. The van der Waals surface area contributed by atoms with Crippen LogP contribution in [0.3, 0.4) is 0 Å². The van der Waals surface area contributed by atoms with Crippen LogP contribution in [0.2, 0.25) is 0 Å². The van der Waals surface area contributed by atoms with E-state index in [1.165, 1.54) is 29.7 Å². The summed E-state index contributed by atoms with van der Waals surface area (Å²) in [5.74, 6) is 0.996. The molecule has 5 rings (SSSR count). The Hall–Kier alpha value is -2.92. The maximum absolute atomic E-state index is 12.8. The van der Waals surface area contributed by atoms with Gasteiger partial charge in [0.1, 0.15) is 0 Å². The number of hydrogen-bond donors (Lipinski definition) is 1. The summed E-state index contributed by atoms with van der Waals surface area (Å²) < 4.78 is 2.14. The third-order valence-electron chi connectivity index (χ3n) is 6.74. The Morgan fingerprint density at radius 1 is 1.06 bits per heavy atom. The smallest absolute Gasteiger partial charge is 0.272 e. The maximum atomic E-state index is 12.8. The van der Waals surface area contributed by atoms with E-state index in [4.69, 9.17) is 5.10 Å². The number of nitrogens with zero attached hydrogens (tertiary/aromatic N) is 3. The van der Waals surface area contributed by atoms with Crippen LogP contribution >= 0.6 is 0 Å². The molecule has 3 aromatic rings. The predicted octanol–water partition coefficient (Wildman–Crippen LogP) is 4.23. The summed E-state index contributed by atoms with van der Waals surface area (Å²) in [5, 5.41) is 7.77. The third-order valence-corrected chi connectivity index (χ3v) is 6.74. The Bertz CT molecular complexity index is 1020. The van der Waals surface area contributed by atoms with Crippen molar-refractivity contribution < 1.29 is 4.79 Å². The Kier molecular flexibility index (Phi) is 6.08. The minimum absolute atomic E-state index is 0.0391. The van der Waals surface area contributed by atoms with Gasteiger partial charge in [0.25, 0.3) is 5.91 Å². The van der Waals surface area contributed by atoms with Crippen LogP contribution in [-0.4, -0.2) is 40.2 Å². The van der Waals surface area contributed by atoms with Crippen molar-refractivity contribution in [3.63, 3.8) is 0 Å². The van der Waals surface area contributed by atoms with E-state index in [1.54, 1.807) is 0 Å². The number of benzene rings is 2. The van der Waals surface area contributed by atoms with Crippen LogP contribution in [0.25, 0.3) is 0 Å². The molecule has 0 atom stereocenters. The highest BCUT2D eigenvalue weighted by Crippen LogP contribution is 2.33. The fourth-order valence-electron chi connectivity index (χ4n) is 4.86. The minimum atomic E-state index is -0.0391. The molecule has 2 heterocycles. The van der Waals surface area contributed by atoms with E-state index in [1.807, 2.05) is 6.92 Å². The molecule has 1 amide bonds. The molecule has 0 saturated heterocycles. The average Bonchev–Trinajstić information content (AvgIpc) is 3.58. The molecule has 32 heavy (non-hydrogen) atoms. The van der Waals surface area contributed by atoms with Crippen molar-refractivity contribution in [2.24, 2.45) is 5.92 Å². The predicted molar refractivity (Wildman–Crippen MR) is 127 cm³/mol. The van der Waals surface area contributed by atoms with Crippen LogP contribution in [0.4, 0.5) is 0 Å². The zero-order chi connectivity index (χ0) is 21.9. The molecule has 1 N–H and O–H groups in total. The van der Waals surface area contributed by atoms with Gasteiger partial charge in [-0.05, 0) is 36.8 Å². The van der Waals surface area contributed by atoms with Gasteiger partial charge in [-0.15, -0.1) is 0 Å². The van der Waals surface area contributed by atoms with Crippen LogP contribution in [0.1, 0.15) is 58.6 Å². The van der Waals surface area contributed by atoms with Crippen LogP contribution < -0.4 is 5.32 Å². The lowest BCUT2D eigenvalue weighted by molar-refractivity contribution is 0.0947. The zero-order valence-corrected chi connectivity index (χ0v) is 18.8. The van der Waals surface area contributed by atoms with Crippen molar-refractivity contribution in [2.75, 3.05) is 19.6 Å². The van der Waals surface area contributed by atoms with Crippen LogP contribution in [0, 0.1) is 5.92 Å². The van der Waals surface area contributed by atoms with E-state index < -0.39 is 0 Å². The molecule has 0 spiro atoms. The number of rotatable bonds is 8. The summed E-state index contributed by atoms with van der Waals surface area (Å²) in [5.41, 5.74) is 5.69. The standard InChI is InChI=1S/C27H32N4O/c1-2-28-27(32)26-24-19-30(16-15-25(24)31(29-26)17-20-13-14-20)18-23(21-9-5-3-6-10-21)22-11-7-4-8-12-22/h3-12,20,23H,2,13-19H2,1H3,(H,28,32). The Morgan fingerprint density at radius 2 is 1.72 bits per heavy atom. The molecule has 1 saturated carbocycles. The number of hydrogen-bond acceptors (Lipinski definition) is 3. The quantitative estimate of drug-likeness (QED) is 0.584. The Labute approximate surface area is 190 Å². The van der Waals surface area contributed by atoms with E-state index >= 15 is 0 Å². The van der Waals surface area contributed by atoms with E-state index in [0.29, 0.717) is 18.2 Å². The van der Waals surface area contributed by atoms with E-state index in [9.17, 15) is 4.79 Å². The topological polar surface area (TPSA) is 50.2 Å². The molecule has 2 aliphatic rings. The summed E-state index contributed by atoms with van der Waals surface area (Å²) in [4.78, 5) is 15.3. The van der Waals surface area contributed by atoms with Gasteiger partial charge in [0.05, 0.1) is 0 Å². The van der Waals surface area contributed by atoms with Gasteiger partial charge in [0, 0.05) is 56.3 Å². The highest BCUT2D eigenvalue weighted by Gasteiger charge is 2.31. The second kappa shape index (κ2) is 9.29. The number of aromatic nitrogens is 2. The lowest BCUT2D eigenvalue weighted by Crippen LogP contribution is -2.35. The second-order valence-corrected chi connectivity index (χ2v) is 9.12. The number of carbonyl (C=O) groups is 1. The van der Waals surface area contributed by atoms with Gasteiger partial charge in [0.2, 0.25) is 0 Å². The van der Waals surface area contributed by atoms with Crippen LogP contribution in [0.5, 0.6) is 0 Å². The molecule has 166 valence electrons. The first-order valence-corrected chi connectivity index (χ1v) is 11.9. The Morgan fingerprint density at radius 3 is 2.31 bits per heavy atom. The summed E-state index contributed by atoms with van der Waals surface area (Å²) in [7, 11) is 0. The van der Waals surface area contributed by atoms with Crippen molar-refractivity contribution in [1.29, 1.82) is 0 Å². The first kappa shape index (κ1) is 21.0. The van der Waals surface area contributed by atoms with Crippen molar-refractivity contribution in [3.05, 3.63) is 88.7 Å². The molecule has 1 aromatic heterocycles. The number of fused-ring (bicyclic) bond motifs is 1. The second-order valence-electron chi connectivity index (χ2n) is 9.12. The molecule has 0 bridgehead atoms. The van der Waals surface area contributed by atoms with Gasteiger partial charge in [-0.3, -0.25) is 14.4 Å². The van der Waals surface area contributed by atoms with E-state index in [0.717, 1.165) is 44.1 Å². The first-order chi connectivity index (χ1) is 15.7. The van der Waals surface area contributed by atoms with Gasteiger partial charge < -0.3 is 5.32 Å². The fraction of sp³-hybridized carbons (Fsp3) is 0.407. The molecule has 1 aliphatic heterocycles. The Balaban J connectivity index is 1.42. The fourth-order valence-corrected chi connectivity index (χ4v) is 4.86. The normalized spacial score (nSPS) is 16.2. The number of carbonyl (C=O) groups excluding carboxylic acids is 1. The van der Waals surface area contributed by atoms with Crippen molar-refractivity contribution >= 4 is 5.91 Å². The largest absolute Gasteiger partial charge is 0.351 e. The van der Waals surface area contributed by atoms with Gasteiger partial charge in [-0.2, -0.15) is 5.10 Å². The monoisotopic (exact) mass is 428 g/mol. The molecule has 5 heteroatoms. The molecule has 0 radical (unpaired) electrons. The van der Waals surface area contributed by atoms with Crippen LogP contribution in [0.15, 0.2) is 60.7 Å². The number of nitrogens with one attached hydrogen (secondary N) is 1. The van der Waals surface area contributed by atoms with Gasteiger partial charge in [-0.1, -0.05) is 60.7 Å². The molecule has 2 aromatic carbocycles. The molecular formula is C27H32N4O. The maximum Gasteiger partial charge on any atom is 0.272 e. The van der Waals surface area contributed by atoms with Crippen molar-refractivity contribution in [3.8, 4) is 0 Å². The molecule has 0 unspecified atom stereocenters. The summed E-state index contributed by atoms with van der Waals surface area (Å²) in [6.45, 7) is 6.24. The third kappa shape index (κ3) is 4.49. The minimum Gasteiger partial charge on any atom is -0.351 e. The van der Waals surface area contributed by atoms with Crippen LogP contribution in [-0.2, 0) is 19.5 Å². The SMILES string of the molecule is CCNC(=O)c1nn(CC2CC2)c2c1CN(CC(c1ccccc1)c1ccccc1)CC2. The lowest BCUT2D eigenvalue weighted by atomic mass is 9.90. The highest BCUT2D eigenvalue weighted by molar-refractivity contribution is 5.94. The van der Waals surface area contributed by atoms with Gasteiger partial charge in [-0.25, -0.2) is 0 Å². The van der Waals surface area contributed by atoms with Crippen molar-refractivity contribution in [2.45, 2.75) is 45.2 Å². The highest BCUT2D eigenvalue weighted by atomic mass is 16.1. The average molecular weight is 429 g/mol. The molecule has 1 fully saturated rings.